The predicted molar refractivity (Wildman–Crippen MR) is 240 cm³/mol. The molecule has 65 heavy (non-hydrogen) atoms. The molecule has 21 heteroatoms. The van der Waals surface area contributed by atoms with Gasteiger partial charge < -0.3 is 9.97 Å². The second-order valence-corrected chi connectivity index (χ2v) is 20.2. The molecule has 5 heterocycles. The number of hydrogen-bond donors (Lipinski definition) is 6. The van der Waals surface area contributed by atoms with E-state index in [4.69, 9.17) is 9.97 Å². The maximum absolute atomic E-state index is 12.0. The molecule has 0 fully saturated rings. The number of aromatic amines is 2. The van der Waals surface area contributed by atoms with E-state index in [0.29, 0.717) is 89.4 Å². The predicted octanol–water partition coefficient (Wildman–Crippen LogP) is 8.31. The van der Waals surface area contributed by atoms with Gasteiger partial charge in [0.1, 0.15) is 0 Å². The van der Waals surface area contributed by atoms with Crippen LogP contribution in [0.3, 0.4) is 0 Å². The average molecular weight is 994 g/mol. The van der Waals surface area contributed by atoms with Crippen LogP contribution in [0.4, 0.5) is 0 Å². The molecule has 1 radical (unpaired) electrons. The number of H-pyrrole nitrogens is 2. The molecule has 329 valence electrons. The zero-order valence-electron chi connectivity index (χ0n) is 32.8. The Morgan fingerprint density at radius 2 is 0.492 bits per heavy atom. The van der Waals surface area contributed by atoms with Crippen molar-refractivity contribution in [3.8, 4) is 44.5 Å². The minimum atomic E-state index is -4.55. The van der Waals surface area contributed by atoms with Crippen LogP contribution < -0.4 is 0 Å². The number of benzene rings is 4. The fourth-order valence-corrected chi connectivity index (χ4v) is 9.51. The fourth-order valence-electron chi connectivity index (χ4n) is 7.59. The maximum atomic E-state index is 12.0. The van der Waals surface area contributed by atoms with Crippen molar-refractivity contribution in [1.82, 2.24) is 19.9 Å². The van der Waals surface area contributed by atoms with Crippen LogP contribution in [0, 0.1) is 0 Å². The second-order valence-electron chi connectivity index (χ2n) is 14.5. The first-order valence-electron chi connectivity index (χ1n) is 18.7. The number of fused-ring (bicyclic) bond motifs is 8. The number of rotatable bonds is 8. The van der Waals surface area contributed by atoms with Gasteiger partial charge in [0.15, 0.2) is 0 Å². The molecule has 0 atom stereocenters. The van der Waals surface area contributed by atoms with Gasteiger partial charge in [0.25, 0.3) is 40.5 Å². The van der Waals surface area contributed by atoms with Crippen molar-refractivity contribution in [3.05, 3.63) is 144 Å². The summed E-state index contributed by atoms with van der Waals surface area (Å²) in [6.07, 6.45) is 6.92. The van der Waals surface area contributed by atoms with Gasteiger partial charge in [0, 0.05) is 44.3 Å². The molecular weight excluding hydrogens is 964 g/mol. The Hall–Kier alpha value is -6.37. The van der Waals surface area contributed by atoms with E-state index in [1.165, 1.54) is 97.1 Å². The number of nitrogens with zero attached hydrogens (tertiary/aromatic N) is 2. The first-order valence-corrected chi connectivity index (χ1v) is 24.5. The third-order valence-electron chi connectivity index (χ3n) is 10.5. The summed E-state index contributed by atoms with van der Waals surface area (Å²) in [4.78, 5) is 15.6. The van der Waals surface area contributed by atoms with Crippen LogP contribution in [-0.2, 0) is 57.3 Å². The van der Waals surface area contributed by atoms with Crippen LogP contribution in [0.5, 0.6) is 0 Å². The van der Waals surface area contributed by atoms with Crippen LogP contribution in [0.1, 0.15) is 22.8 Å². The molecule has 6 N–H and O–H groups in total. The van der Waals surface area contributed by atoms with Crippen molar-refractivity contribution in [2.24, 2.45) is 0 Å². The molecule has 3 aromatic heterocycles. The zero-order chi connectivity index (χ0) is 45.3. The van der Waals surface area contributed by atoms with Gasteiger partial charge >= 0.3 is 16.8 Å². The Kier molecular flexibility index (Phi) is 11.5. The normalized spacial score (nSPS) is 12.9. The number of aromatic nitrogens is 4. The molecule has 0 unspecified atom stereocenters. The molecule has 0 spiro atoms. The van der Waals surface area contributed by atoms with Crippen LogP contribution in [0.15, 0.2) is 141 Å². The summed E-state index contributed by atoms with van der Waals surface area (Å²) in [5.74, 6) is 0. The van der Waals surface area contributed by atoms with Crippen molar-refractivity contribution >= 4 is 86.8 Å². The topological polar surface area (TPSA) is 275 Å². The van der Waals surface area contributed by atoms with Crippen molar-refractivity contribution in [2.75, 3.05) is 0 Å². The van der Waals surface area contributed by atoms with E-state index in [1.54, 1.807) is 48.6 Å². The Morgan fingerprint density at radius 3 is 0.662 bits per heavy atom. The molecule has 4 aromatic carbocycles. The van der Waals surface area contributed by atoms with Crippen LogP contribution >= 0.6 is 0 Å². The number of hydrogen-bond acceptors (Lipinski definition) is 10. The molecular formula is C44H30CoN4O12S4+2. The van der Waals surface area contributed by atoms with Crippen molar-refractivity contribution in [1.29, 1.82) is 0 Å². The third kappa shape index (κ3) is 8.89. The fraction of sp³-hybridized carbons (Fsp3) is 0. The quantitative estimate of drug-likeness (QED) is 0.0782. The molecule has 7 aromatic rings. The monoisotopic (exact) mass is 993 g/mol. The molecule has 2 aliphatic rings. The third-order valence-corrected chi connectivity index (χ3v) is 14.0. The van der Waals surface area contributed by atoms with Gasteiger partial charge in [0.05, 0.1) is 42.4 Å². The second kappa shape index (κ2) is 16.6. The van der Waals surface area contributed by atoms with E-state index < -0.39 is 40.5 Å². The molecule has 9 rings (SSSR count). The van der Waals surface area contributed by atoms with E-state index in [-0.39, 0.29) is 36.4 Å². The van der Waals surface area contributed by atoms with Gasteiger partial charge in [-0.15, -0.1) is 0 Å². The molecule has 0 saturated heterocycles. The van der Waals surface area contributed by atoms with Gasteiger partial charge in [-0.05, 0) is 119 Å². The van der Waals surface area contributed by atoms with E-state index in [1.807, 2.05) is 0 Å². The molecule has 8 bridgehead atoms. The Morgan fingerprint density at radius 1 is 0.308 bits per heavy atom. The molecule has 0 saturated carbocycles. The molecule has 16 nitrogen and oxygen atoms in total. The van der Waals surface area contributed by atoms with Crippen molar-refractivity contribution < 1.29 is 68.7 Å². The van der Waals surface area contributed by atoms with Gasteiger partial charge in [-0.2, -0.15) is 33.7 Å². The van der Waals surface area contributed by atoms with E-state index in [9.17, 15) is 51.9 Å². The summed E-state index contributed by atoms with van der Waals surface area (Å²) < 4.78 is 135. The SMILES string of the molecule is O=S(=O)(O)c1ccc(-c2c3nc(c(-c4ccc(S(=O)(=O)O)cc4)c4ccc([nH]4)c(-c4ccc(S(=O)(=O)O)cc4)c4nc(c(-c5ccc(S(=O)(=O)O)cc5)c5ccc2[nH]5)C=C4)C=C3)cc1.[Co+2]. The smallest absolute Gasteiger partial charge is 0.354 e. The van der Waals surface area contributed by atoms with Crippen LogP contribution in [-0.4, -0.2) is 71.8 Å². The van der Waals surface area contributed by atoms with Crippen LogP contribution in [0.2, 0.25) is 0 Å². The van der Waals surface area contributed by atoms with Gasteiger partial charge in [0.2, 0.25) is 0 Å². The number of nitrogens with one attached hydrogen (secondary N) is 2. The summed E-state index contributed by atoms with van der Waals surface area (Å²) in [5.41, 5.74) is 7.41. The minimum absolute atomic E-state index is 0. The van der Waals surface area contributed by atoms with Gasteiger partial charge in [-0.1, -0.05) is 48.5 Å². The first kappa shape index (κ1) is 45.2. The van der Waals surface area contributed by atoms with E-state index in [2.05, 4.69) is 9.97 Å². The van der Waals surface area contributed by atoms with Crippen molar-refractivity contribution in [2.45, 2.75) is 19.6 Å². The largest absolute Gasteiger partial charge is 2.00 e. The Labute approximate surface area is 381 Å². The standard InChI is InChI=1S/C44H30N4O12S4.Co/c49-61(50,51)29-9-1-25(2-10-29)41-33-17-19-35(45-33)42(26-3-11-30(12-4-26)62(52,53)54)37-21-23-39(47-37)44(28-7-15-32(16-8-28)64(58,59)60)40-24-22-38(48-40)43(36-20-18-34(41)46-36)27-5-13-31(14-6-27)63(55,56)57;/h1-24,45,48H,(H,49,50,51)(H,52,53,54)(H,55,56,57)(H,58,59,60);/q;+2. The Bertz CT molecular complexity index is 3300. The minimum Gasteiger partial charge on any atom is -0.354 e. The molecule has 2 aliphatic heterocycles. The summed E-state index contributed by atoms with van der Waals surface area (Å²) in [5, 5.41) is 0. The first-order chi connectivity index (χ1) is 30.2. The van der Waals surface area contributed by atoms with Crippen molar-refractivity contribution in [3.63, 3.8) is 0 Å². The molecule has 0 aliphatic carbocycles. The summed E-state index contributed by atoms with van der Waals surface area (Å²) in [7, 11) is -18.2. The van der Waals surface area contributed by atoms with E-state index >= 15 is 0 Å². The summed E-state index contributed by atoms with van der Waals surface area (Å²) >= 11 is 0. The summed E-state index contributed by atoms with van der Waals surface area (Å²) in [6.45, 7) is 0. The summed E-state index contributed by atoms with van der Waals surface area (Å²) in [6, 6.07) is 29.0. The zero-order valence-corrected chi connectivity index (χ0v) is 37.1. The average Bonchev–Trinajstić information content (AvgIpc) is 4.08. The van der Waals surface area contributed by atoms with Gasteiger partial charge in [-0.3, -0.25) is 18.2 Å². The van der Waals surface area contributed by atoms with Gasteiger partial charge in [-0.25, -0.2) is 9.97 Å². The van der Waals surface area contributed by atoms with E-state index in [0.717, 1.165) is 0 Å². The molecule has 0 amide bonds. The maximum Gasteiger partial charge on any atom is 2.00 e. The van der Waals surface area contributed by atoms with Crippen LogP contribution in [0.25, 0.3) is 90.9 Å². The Balaban J connectivity index is 0.00000576.